The van der Waals surface area contributed by atoms with Crippen LogP contribution in [0.5, 0.6) is 11.5 Å². The normalized spacial score (nSPS) is 10.6. The van der Waals surface area contributed by atoms with Crippen molar-refractivity contribution in [2.45, 2.75) is 46.1 Å². The monoisotopic (exact) mass is 299 g/mol. The minimum Gasteiger partial charge on any atom is -0.493 e. The number of hydrogen-bond donors (Lipinski definition) is 1. The Kier molecular flexibility index (Phi) is 8.47. The second-order valence-electron chi connectivity index (χ2n) is 4.78. The van der Waals surface area contributed by atoms with Crippen LogP contribution < -0.4 is 14.8 Å². The van der Waals surface area contributed by atoms with Gasteiger partial charge >= 0.3 is 0 Å². The first-order valence-electron chi connectivity index (χ1n) is 7.42. The van der Waals surface area contributed by atoms with Gasteiger partial charge in [0.1, 0.15) is 0 Å². The van der Waals surface area contributed by atoms with E-state index >= 15 is 0 Å². The maximum absolute atomic E-state index is 6.24. The van der Waals surface area contributed by atoms with Gasteiger partial charge < -0.3 is 14.8 Å². The molecule has 0 aromatic heterocycles. The lowest BCUT2D eigenvalue weighted by atomic mass is 10.2. The Labute approximate surface area is 127 Å². The first-order chi connectivity index (χ1) is 9.72. The van der Waals surface area contributed by atoms with E-state index in [-0.39, 0.29) is 0 Å². The average molecular weight is 300 g/mol. The van der Waals surface area contributed by atoms with E-state index in [0.717, 1.165) is 18.7 Å². The van der Waals surface area contributed by atoms with Gasteiger partial charge in [0.15, 0.2) is 11.5 Å². The summed E-state index contributed by atoms with van der Waals surface area (Å²) in [5.41, 5.74) is 1.12. The summed E-state index contributed by atoms with van der Waals surface area (Å²) in [6.45, 7) is 6.57. The van der Waals surface area contributed by atoms with Crippen LogP contribution in [-0.4, -0.2) is 20.3 Å². The first-order valence-corrected chi connectivity index (χ1v) is 7.80. The van der Waals surface area contributed by atoms with Crippen molar-refractivity contribution in [2.75, 3.05) is 20.3 Å². The molecular formula is C16H26ClNO2. The van der Waals surface area contributed by atoms with Crippen LogP contribution in [0.4, 0.5) is 0 Å². The highest BCUT2D eigenvalue weighted by atomic mass is 35.5. The van der Waals surface area contributed by atoms with Gasteiger partial charge in [-0.3, -0.25) is 0 Å². The van der Waals surface area contributed by atoms with E-state index in [1.54, 1.807) is 7.11 Å². The summed E-state index contributed by atoms with van der Waals surface area (Å²) in [4.78, 5) is 0. The van der Waals surface area contributed by atoms with Crippen molar-refractivity contribution in [2.24, 2.45) is 0 Å². The van der Waals surface area contributed by atoms with Crippen molar-refractivity contribution < 1.29 is 9.47 Å². The summed E-state index contributed by atoms with van der Waals surface area (Å²) in [5.74, 6) is 1.32. The molecule has 0 spiro atoms. The van der Waals surface area contributed by atoms with Gasteiger partial charge in [0.2, 0.25) is 0 Å². The molecule has 0 atom stereocenters. The summed E-state index contributed by atoms with van der Waals surface area (Å²) in [6, 6.07) is 3.92. The Bertz CT molecular complexity index is 396. The SMILES string of the molecule is CCCCCCNCc1cc(Cl)c(OCC)c(OC)c1. The van der Waals surface area contributed by atoms with Gasteiger partial charge in [0, 0.05) is 6.54 Å². The van der Waals surface area contributed by atoms with Gasteiger partial charge in [0.25, 0.3) is 0 Å². The van der Waals surface area contributed by atoms with Gasteiger partial charge in [-0.05, 0) is 37.6 Å². The number of methoxy groups -OCH3 is 1. The molecule has 1 aromatic carbocycles. The molecule has 0 bridgehead atoms. The maximum Gasteiger partial charge on any atom is 0.179 e. The highest BCUT2D eigenvalue weighted by molar-refractivity contribution is 6.32. The Morgan fingerprint density at radius 1 is 1.15 bits per heavy atom. The summed E-state index contributed by atoms with van der Waals surface area (Å²) < 4.78 is 10.8. The summed E-state index contributed by atoms with van der Waals surface area (Å²) in [5, 5.41) is 4.04. The van der Waals surface area contributed by atoms with Gasteiger partial charge in [-0.2, -0.15) is 0 Å². The van der Waals surface area contributed by atoms with Gasteiger partial charge in [-0.15, -0.1) is 0 Å². The molecule has 1 rings (SSSR count). The zero-order chi connectivity index (χ0) is 14.8. The highest BCUT2D eigenvalue weighted by Crippen LogP contribution is 2.36. The molecule has 0 unspecified atom stereocenters. The van der Waals surface area contributed by atoms with Crippen LogP contribution in [0.1, 0.15) is 45.1 Å². The van der Waals surface area contributed by atoms with Crippen molar-refractivity contribution in [1.29, 1.82) is 0 Å². The summed E-state index contributed by atoms with van der Waals surface area (Å²) >= 11 is 6.24. The first kappa shape index (κ1) is 17.1. The minimum atomic E-state index is 0.575. The number of nitrogens with one attached hydrogen (secondary N) is 1. The van der Waals surface area contributed by atoms with E-state index in [1.165, 1.54) is 25.7 Å². The molecular weight excluding hydrogens is 274 g/mol. The van der Waals surface area contributed by atoms with Crippen molar-refractivity contribution >= 4 is 11.6 Å². The maximum atomic E-state index is 6.24. The van der Waals surface area contributed by atoms with Crippen LogP contribution in [-0.2, 0) is 6.54 Å². The van der Waals surface area contributed by atoms with Gasteiger partial charge in [-0.25, -0.2) is 0 Å². The lowest BCUT2D eigenvalue weighted by Gasteiger charge is -2.13. The number of benzene rings is 1. The van der Waals surface area contributed by atoms with Crippen molar-refractivity contribution in [3.63, 3.8) is 0 Å². The predicted molar refractivity (Wildman–Crippen MR) is 85.0 cm³/mol. The average Bonchev–Trinajstić information content (AvgIpc) is 2.45. The fourth-order valence-electron chi connectivity index (χ4n) is 2.07. The Morgan fingerprint density at radius 2 is 1.95 bits per heavy atom. The topological polar surface area (TPSA) is 30.5 Å². The van der Waals surface area contributed by atoms with Crippen LogP contribution in [0.3, 0.4) is 0 Å². The molecule has 20 heavy (non-hydrogen) atoms. The number of halogens is 1. The fourth-order valence-corrected chi connectivity index (χ4v) is 2.36. The van der Waals surface area contributed by atoms with Crippen molar-refractivity contribution in [1.82, 2.24) is 5.32 Å². The fraction of sp³-hybridized carbons (Fsp3) is 0.625. The van der Waals surface area contributed by atoms with E-state index in [0.29, 0.717) is 23.1 Å². The molecule has 0 aliphatic rings. The molecule has 0 aliphatic carbocycles. The van der Waals surface area contributed by atoms with E-state index in [2.05, 4.69) is 12.2 Å². The third-order valence-corrected chi connectivity index (χ3v) is 3.39. The number of hydrogen-bond acceptors (Lipinski definition) is 3. The molecule has 0 amide bonds. The second-order valence-corrected chi connectivity index (χ2v) is 5.19. The van der Waals surface area contributed by atoms with E-state index in [9.17, 15) is 0 Å². The largest absolute Gasteiger partial charge is 0.493 e. The van der Waals surface area contributed by atoms with E-state index in [1.807, 2.05) is 19.1 Å². The minimum absolute atomic E-state index is 0.575. The van der Waals surface area contributed by atoms with E-state index < -0.39 is 0 Å². The van der Waals surface area contributed by atoms with Crippen molar-refractivity contribution in [3.8, 4) is 11.5 Å². The van der Waals surface area contributed by atoms with Gasteiger partial charge in [-0.1, -0.05) is 37.8 Å². The molecule has 0 heterocycles. The van der Waals surface area contributed by atoms with Gasteiger partial charge in [0.05, 0.1) is 18.7 Å². The summed E-state index contributed by atoms with van der Waals surface area (Å²) in [7, 11) is 1.64. The zero-order valence-corrected chi connectivity index (χ0v) is 13.6. The predicted octanol–water partition coefficient (Wildman–Crippen LogP) is 4.42. The molecule has 1 N–H and O–H groups in total. The third-order valence-electron chi connectivity index (χ3n) is 3.11. The van der Waals surface area contributed by atoms with Crippen LogP contribution >= 0.6 is 11.6 Å². The quantitative estimate of drug-likeness (QED) is 0.649. The third kappa shape index (κ3) is 5.59. The zero-order valence-electron chi connectivity index (χ0n) is 12.8. The lowest BCUT2D eigenvalue weighted by Crippen LogP contribution is -2.14. The Hall–Kier alpha value is -0.930. The smallest absolute Gasteiger partial charge is 0.179 e. The second kappa shape index (κ2) is 9.89. The lowest BCUT2D eigenvalue weighted by molar-refractivity contribution is 0.311. The molecule has 4 heteroatoms. The van der Waals surface area contributed by atoms with E-state index in [4.69, 9.17) is 21.1 Å². The van der Waals surface area contributed by atoms with Crippen LogP contribution in [0.25, 0.3) is 0 Å². The molecule has 3 nitrogen and oxygen atoms in total. The van der Waals surface area contributed by atoms with Crippen LogP contribution in [0.2, 0.25) is 5.02 Å². The number of unbranched alkanes of at least 4 members (excludes halogenated alkanes) is 3. The number of ether oxygens (including phenoxy) is 2. The number of rotatable bonds is 10. The molecule has 0 aliphatic heterocycles. The Morgan fingerprint density at radius 3 is 2.60 bits per heavy atom. The molecule has 0 fully saturated rings. The van der Waals surface area contributed by atoms with Crippen LogP contribution in [0, 0.1) is 0 Å². The Balaban J connectivity index is 2.52. The standard InChI is InChI=1S/C16H26ClNO2/c1-4-6-7-8-9-18-12-13-10-14(17)16(20-5-2)15(11-13)19-3/h10-11,18H,4-9,12H2,1-3H3. The highest BCUT2D eigenvalue weighted by Gasteiger charge is 2.11. The molecule has 114 valence electrons. The summed E-state index contributed by atoms with van der Waals surface area (Å²) in [6.07, 6.45) is 5.09. The molecule has 0 saturated heterocycles. The molecule has 1 aromatic rings. The molecule has 0 radical (unpaired) electrons. The van der Waals surface area contributed by atoms with Crippen LogP contribution in [0.15, 0.2) is 12.1 Å². The van der Waals surface area contributed by atoms with Crippen molar-refractivity contribution in [3.05, 3.63) is 22.7 Å². The molecule has 0 saturated carbocycles.